The Morgan fingerprint density at radius 3 is 3.00 bits per heavy atom. The van der Waals surface area contributed by atoms with Crippen LogP contribution >= 0.6 is 11.6 Å². The van der Waals surface area contributed by atoms with Crippen molar-refractivity contribution in [2.75, 3.05) is 0 Å². The van der Waals surface area contributed by atoms with Gasteiger partial charge in [-0.15, -0.1) is 0 Å². The Kier molecular flexibility index (Phi) is 2.88. The van der Waals surface area contributed by atoms with Crippen LogP contribution in [-0.2, 0) is 6.54 Å². The summed E-state index contributed by atoms with van der Waals surface area (Å²) in [4.78, 5) is 3.83. The summed E-state index contributed by atoms with van der Waals surface area (Å²) in [6, 6.07) is 6.39. The minimum absolute atomic E-state index is 0.259. The van der Waals surface area contributed by atoms with Crippen molar-refractivity contribution < 1.29 is 4.39 Å². The Bertz CT molecular complexity index is 557. The van der Waals surface area contributed by atoms with E-state index in [0.717, 1.165) is 0 Å². The van der Waals surface area contributed by atoms with Crippen LogP contribution in [0.1, 0.15) is 11.4 Å². The predicted octanol–water partition coefficient (Wildman–Crippen LogP) is 2.60. The zero-order valence-corrected chi connectivity index (χ0v) is 8.95. The average molecular weight is 236 g/mol. The summed E-state index contributed by atoms with van der Waals surface area (Å²) in [6.07, 6.45) is 3.14. The lowest BCUT2D eigenvalue weighted by molar-refractivity contribution is 0.598. The van der Waals surface area contributed by atoms with Crippen LogP contribution in [0.25, 0.3) is 0 Å². The molecule has 1 aromatic carbocycles. The van der Waals surface area contributed by atoms with Gasteiger partial charge in [-0.3, -0.25) is 0 Å². The molecular formula is C11H7ClFN3. The van der Waals surface area contributed by atoms with Crippen LogP contribution in [-0.4, -0.2) is 9.55 Å². The number of nitrogens with zero attached hydrogens (tertiary/aromatic N) is 3. The van der Waals surface area contributed by atoms with Crippen LogP contribution in [0.3, 0.4) is 0 Å². The number of nitriles is 1. The van der Waals surface area contributed by atoms with Crippen molar-refractivity contribution in [2.45, 2.75) is 6.54 Å². The van der Waals surface area contributed by atoms with Crippen LogP contribution in [0.15, 0.2) is 30.6 Å². The highest BCUT2D eigenvalue weighted by Crippen LogP contribution is 2.16. The number of rotatable bonds is 2. The number of hydrogen-bond donors (Lipinski definition) is 0. The molecule has 1 aromatic heterocycles. The van der Waals surface area contributed by atoms with Gasteiger partial charge in [0.15, 0.2) is 0 Å². The molecule has 80 valence electrons. The second kappa shape index (κ2) is 4.33. The molecule has 0 N–H and O–H groups in total. The van der Waals surface area contributed by atoms with E-state index in [-0.39, 0.29) is 18.2 Å². The third-order valence-corrected chi connectivity index (χ3v) is 2.41. The Balaban J connectivity index is 2.31. The van der Waals surface area contributed by atoms with Gasteiger partial charge in [-0.05, 0) is 12.1 Å². The molecule has 0 aliphatic carbocycles. The molecule has 0 aliphatic rings. The molecule has 2 rings (SSSR count). The fourth-order valence-electron chi connectivity index (χ4n) is 1.38. The van der Waals surface area contributed by atoms with Crippen molar-refractivity contribution >= 4 is 11.6 Å². The molecule has 0 atom stereocenters. The van der Waals surface area contributed by atoms with E-state index >= 15 is 0 Å². The normalized spacial score (nSPS) is 10.1. The van der Waals surface area contributed by atoms with Crippen LogP contribution in [0, 0.1) is 17.1 Å². The lowest BCUT2D eigenvalue weighted by Crippen LogP contribution is -2.03. The van der Waals surface area contributed by atoms with Crippen LogP contribution in [0.5, 0.6) is 0 Å². The summed E-state index contributed by atoms with van der Waals surface area (Å²) in [5.74, 6) is -0.126. The van der Waals surface area contributed by atoms with Crippen molar-refractivity contribution in [3.63, 3.8) is 0 Å². The SMILES string of the molecule is N#Cc1nccn1Cc1ccc(Cl)cc1F. The molecule has 0 amide bonds. The lowest BCUT2D eigenvalue weighted by Gasteiger charge is -2.05. The molecule has 0 fully saturated rings. The van der Waals surface area contributed by atoms with E-state index < -0.39 is 0 Å². The second-order valence-electron chi connectivity index (χ2n) is 3.23. The van der Waals surface area contributed by atoms with Crippen molar-refractivity contribution in [1.29, 1.82) is 5.26 Å². The Labute approximate surface area is 96.7 Å². The van der Waals surface area contributed by atoms with E-state index in [4.69, 9.17) is 16.9 Å². The van der Waals surface area contributed by atoms with Gasteiger partial charge < -0.3 is 4.57 Å². The van der Waals surface area contributed by atoms with E-state index in [0.29, 0.717) is 10.6 Å². The third kappa shape index (κ3) is 2.05. The van der Waals surface area contributed by atoms with Gasteiger partial charge in [-0.2, -0.15) is 5.26 Å². The monoisotopic (exact) mass is 235 g/mol. The van der Waals surface area contributed by atoms with Crippen LogP contribution in [0.2, 0.25) is 5.02 Å². The maximum absolute atomic E-state index is 13.5. The first kappa shape index (κ1) is 10.7. The van der Waals surface area contributed by atoms with Gasteiger partial charge in [-0.25, -0.2) is 9.37 Å². The maximum Gasteiger partial charge on any atom is 0.213 e. The van der Waals surface area contributed by atoms with Gasteiger partial charge in [-0.1, -0.05) is 17.7 Å². The Morgan fingerprint density at radius 1 is 1.50 bits per heavy atom. The van der Waals surface area contributed by atoms with Crippen molar-refractivity contribution in [3.8, 4) is 6.07 Å². The minimum Gasteiger partial charge on any atom is -0.318 e. The minimum atomic E-state index is -0.384. The molecule has 0 aliphatic heterocycles. The summed E-state index contributed by atoms with van der Waals surface area (Å²) in [5, 5.41) is 9.10. The van der Waals surface area contributed by atoms with E-state index in [1.54, 1.807) is 22.9 Å². The van der Waals surface area contributed by atoms with Crippen LogP contribution in [0.4, 0.5) is 4.39 Å². The Morgan fingerprint density at radius 2 is 2.31 bits per heavy atom. The first-order chi connectivity index (χ1) is 7.70. The summed E-state index contributed by atoms with van der Waals surface area (Å²) >= 11 is 5.65. The average Bonchev–Trinajstić information content (AvgIpc) is 2.69. The molecule has 5 heteroatoms. The van der Waals surface area contributed by atoms with Crippen molar-refractivity contribution in [1.82, 2.24) is 9.55 Å². The molecule has 0 radical (unpaired) electrons. The standard InChI is InChI=1S/C11H7ClFN3/c12-9-2-1-8(10(13)5-9)7-16-4-3-15-11(16)6-14/h1-5H,7H2. The van der Waals surface area contributed by atoms with E-state index in [9.17, 15) is 4.39 Å². The molecule has 16 heavy (non-hydrogen) atoms. The van der Waals surface area contributed by atoms with Gasteiger partial charge in [0.2, 0.25) is 5.82 Å². The number of imidazole rings is 1. The molecule has 0 saturated heterocycles. The molecule has 0 unspecified atom stereocenters. The van der Waals surface area contributed by atoms with Gasteiger partial charge >= 0.3 is 0 Å². The summed E-state index contributed by atoms with van der Waals surface area (Å²) < 4.78 is 15.1. The number of aromatic nitrogens is 2. The summed E-state index contributed by atoms with van der Waals surface area (Å²) in [6.45, 7) is 0.270. The highest BCUT2D eigenvalue weighted by Gasteiger charge is 2.06. The molecule has 3 nitrogen and oxygen atoms in total. The molecule has 1 heterocycles. The van der Waals surface area contributed by atoms with Crippen molar-refractivity contribution in [3.05, 3.63) is 52.8 Å². The largest absolute Gasteiger partial charge is 0.318 e. The fourth-order valence-corrected chi connectivity index (χ4v) is 1.54. The molecule has 2 aromatic rings. The van der Waals surface area contributed by atoms with E-state index in [2.05, 4.69) is 4.98 Å². The van der Waals surface area contributed by atoms with Gasteiger partial charge in [0, 0.05) is 23.0 Å². The molecule has 0 saturated carbocycles. The zero-order chi connectivity index (χ0) is 11.5. The van der Waals surface area contributed by atoms with Gasteiger partial charge in [0.05, 0.1) is 6.54 Å². The molecule has 0 bridgehead atoms. The number of benzene rings is 1. The van der Waals surface area contributed by atoms with Crippen LogP contribution < -0.4 is 0 Å². The fraction of sp³-hybridized carbons (Fsp3) is 0.0909. The second-order valence-corrected chi connectivity index (χ2v) is 3.66. The van der Waals surface area contributed by atoms with E-state index in [1.807, 2.05) is 6.07 Å². The van der Waals surface area contributed by atoms with Crippen molar-refractivity contribution in [2.24, 2.45) is 0 Å². The predicted molar refractivity (Wildman–Crippen MR) is 57.5 cm³/mol. The van der Waals surface area contributed by atoms with Gasteiger partial charge in [0.1, 0.15) is 11.9 Å². The molecular weight excluding hydrogens is 229 g/mol. The summed E-state index contributed by atoms with van der Waals surface area (Å²) in [7, 11) is 0. The number of halogens is 2. The maximum atomic E-state index is 13.5. The first-order valence-electron chi connectivity index (χ1n) is 4.56. The Hall–Kier alpha value is -1.86. The number of hydrogen-bond acceptors (Lipinski definition) is 2. The van der Waals surface area contributed by atoms with Gasteiger partial charge in [0.25, 0.3) is 0 Å². The topological polar surface area (TPSA) is 41.6 Å². The quantitative estimate of drug-likeness (QED) is 0.803. The summed E-state index contributed by atoms with van der Waals surface area (Å²) in [5.41, 5.74) is 0.471. The first-order valence-corrected chi connectivity index (χ1v) is 4.93. The molecule has 0 spiro atoms. The van der Waals surface area contributed by atoms with E-state index in [1.165, 1.54) is 12.3 Å². The highest BCUT2D eigenvalue weighted by molar-refractivity contribution is 6.30. The smallest absolute Gasteiger partial charge is 0.213 e. The zero-order valence-electron chi connectivity index (χ0n) is 8.19. The highest BCUT2D eigenvalue weighted by atomic mass is 35.5. The lowest BCUT2D eigenvalue weighted by atomic mass is 10.2. The third-order valence-electron chi connectivity index (χ3n) is 2.17.